The Balaban J connectivity index is 1.78. The lowest BCUT2D eigenvalue weighted by molar-refractivity contribution is -0.128. The smallest absolute Gasteiger partial charge is 0.222 e. The fraction of sp³-hybridized carbons (Fsp3) is 0.533. The fourth-order valence-corrected chi connectivity index (χ4v) is 2.94. The predicted molar refractivity (Wildman–Crippen MR) is 76.2 cm³/mol. The number of anilines is 1. The molecule has 2 heterocycles. The number of hydrogen-bond donors (Lipinski definition) is 1. The number of nitrogens with one attached hydrogen (secondary N) is 1. The van der Waals surface area contributed by atoms with Crippen LogP contribution >= 0.6 is 0 Å². The van der Waals surface area contributed by atoms with Gasteiger partial charge in [0.25, 0.3) is 0 Å². The molecule has 1 N–H and O–H groups in total. The van der Waals surface area contributed by atoms with Gasteiger partial charge in [-0.2, -0.15) is 0 Å². The molecule has 2 fully saturated rings. The summed E-state index contributed by atoms with van der Waals surface area (Å²) in [7, 11) is 0. The topological polar surface area (TPSA) is 35.6 Å². The third-order valence-corrected chi connectivity index (χ3v) is 3.98. The fourth-order valence-electron chi connectivity index (χ4n) is 2.94. The average Bonchev–Trinajstić information content (AvgIpc) is 2.86. The van der Waals surface area contributed by atoms with Gasteiger partial charge in [0.1, 0.15) is 0 Å². The van der Waals surface area contributed by atoms with Gasteiger partial charge in [-0.25, -0.2) is 0 Å². The molecule has 0 aromatic heterocycles. The lowest BCUT2D eigenvalue weighted by Gasteiger charge is -2.32. The second-order valence-electron chi connectivity index (χ2n) is 5.28. The predicted octanol–water partition coefficient (Wildman–Crippen LogP) is 1.22. The van der Waals surface area contributed by atoms with E-state index in [4.69, 9.17) is 0 Å². The van der Waals surface area contributed by atoms with Crippen LogP contribution in [-0.4, -0.2) is 43.5 Å². The molecule has 4 heteroatoms. The van der Waals surface area contributed by atoms with Gasteiger partial charge >= 0.3 is 0 Å². The Bertz CT molecular complexity index is 454. The van der Waals surface area contributed by atoms with Gasteiger partial charge in [0.15, 0.2) is 0 Å². The molecule has 2 aliphatic rings. The summed E-state index contributed by atoms with van der Waals surface area (Å²) in [5, 5.41) is 3.38. The van der Waals surface area contributed by atoms with Gasteiger partial charge in [-0.1, -0.05) is 18.2 Å². The lowest BCUT2D eigenvalue weighted by atomic mass is 10.1. The molecule has 19 heavy (non-hydrogen) atoms. The number of rotatable bonds is 3. The summed E-state index contributed by atoms with van der Waals surface area (Å²) < 4.78 is 0. The minimum atomic E-state index is 0.301. The molecule has 1 amide bonds. The summed E-state index contributed by atoms with van der Waals surface area (Å²) in [5.74, 6) is 0.301. The van der Waals surface area contributed by atoms with E-state index in [0.29, 0.717) is 5.91 Å². The van der Waals surface area contributed by atoms with Crippen LogP contribution in [0.2, 0.25) is 0 Å². The monoisotopic (exact) mass is 259 g/mol. The largest absolute Gasteiger partial charge is 0.369 e. The minimum absolute atomic E-state index is 0.301. The number of likely N-dealkylation sites (tertiary alicyclic amines) is 1. The third-order valence-electron chi connectivity index (χ3n) is 3.98. The van der Waals surface area contributed by atoms with Gasteiger partial charge < -0.3 is 15.1 Å². The highest BCUT2D eigenvalue weighted by molar-refractivity contribution is 5.78. The van der Waals surface area contributed by atoms with Crippen LogP contribution in [0, 0.1) is 0 Å². The first-order valence-electron chi connectivity index (χ1n) is 7.16. The summed E-state index contributed by atoms with van der Waals surface area (Å²) in [6.07, 6.45) is 1.73. The summed E-state index contributed by atoms with van der Waals surface area (Å²) in [6.45, 7) is 5.84. The molecule has 2 saturated heterocycles. The van der Waals surface area contributed by atoms with E-state index in [1.807, 2.05) is 4.90 Å². The molecule has 1 aromatic carbocycles. The normalized spacial score (nSPS) is 20.1. The number of nitrogens with zero attached hydrogens (tertiary/aromatic N) is 2. The van der Waals surface area contributed by atoms with E-state index < -0.39 is 0 Å². The van der Waals surface area contributed by atoms with Gasteiger partial charge in [-0.05, 0) is 18.1 Å². The second kappa shape index (κ2) is 5.61. The minimum Gasteiger partial charge on any atom is -0.369 e. The van der Waals surface area contributed by atoms with Crippen molar-refractivity contribution >= 4 is 11.6 Å². The summed E-state index contributed by atoms with van der Waals surface area (Å²) in [6, 6.07) is 8.50. The lowest BCUT2D eigenvalue weighted by Crippen LogP contribution is -2.44. The Morgan fingerprint density at radius 3 is 2.63 bits per heavy atom. The Kier molecular flexibility index (Phi) is 3.69. The van der Waals surface area contributed by atoms with Crippen molar-refractivity contribution in [2.45, 2.75) is 19.4 Å². The second-order valence-corrected chi connectivity index (χ2v) is 5.28. The van der Waals surface area contributed by atoms with Crippen molar-refractivity contribution in [1.29, 1.82) is 0 Å². The van der Waals surface area contributed by atoms with Crippen LogP contribution in [0.4, 0.5) is 5.69 Å². The molecule has 1 aromatic rings. The Labute approximate surface area is 114 Å². The zero-order valence-electron chi connectivity index (χ0n) is 11.3. The van der Waals surface area contributed by atoms with E-state index in [1.54, 1.807) is 0 Å². The molecular formula is C15H21N3O. The van der Waals surface area contributed by atoms with Crippen molar-refractivity contribution in [3.8, 4) is 0 Å². The maximum absolute atomic E-state index is 11.8. The number of amides is 1. The number of piperazine rings is 1. The van der Waals surface area contributed by atoms with Crippen molar-refractivity contribution in [3.63, 3.8) is 0 Å². The molecule has 3 rings (SSSR count). The molecule has 0 unspecified atom stereocenters. The van der Waals surface area contributed by atoms with Gasteiger partial charge in [0.2, 0.25) is 5.91 Å². The quantitative estimate of drug-likeness (QED) is 0.886. The van der Waals surface area contributed by atoms with Crippen LogP contribution in [0.25, 0.3) is 0 Å². The van der Waals surface area contributed by atoms with E-state index in [2.05, 4.69) is 34.5 Å². The van der Waals surface area contributed by atoms with E-state index in [0.717, 1.165) is 52.1 Å². The first-order valence-corrected chi connectivity index (χ1v) is 7.16. The SMILES string of the molecule is O=C1CCCN1Cc1ccccc1N1CCNCC1. The van der Waals surface area contributed by atoms with Crippen LogP contribution in [0.5, 0.6) is 0 Å². The van der Waals surface area contributed by atoms with E-state index >= 15 is 0 Å². The first kappa shape index (κ1) is 12.5. The number of para-hydroxylation sites is 1. The van der Waals surface area contributed by atoms with Gasteiger partial charge in [-0.3, -0.25) is 4.79 Å². The molecule has 0 bridgehead atoms. The average molecular weight is 259 g/mol. The van der Waals surface area contributed by atoms with Crippen molar-refractivity contribution in [1.82, 2.24) is 10.2 Å². The highest BCUT2D eigenvalue weighted by Gasteiger charge is 2.22. The van der Waals surface area contributed by atoms with Gasteiger partial charge in [0, 0.05) is 51.4 Å². The highest BCUT2D eigenvalue weighted by Crippen LogP contribution is 2.24. The molecule has 2 aliphatic heterocycles. The van der Waals surface area contributed by atoms with Crippen LogP contribution in [0.15, 0.2) is 24.3 Å². The Morgan fingerprint density at radius 1 is 1.11 bits per heavy atom. The van der Waals surface area contributed by atoms with E-state index in [1.165, 1.54) is 11.3 Å². The number of carbonyl (C=O) groups excluding carboxylic acids is 1. The van der Waals surface area contributed by atoms with Gasteiger partial charge in [0.05, 0.1) is 0 Å². The van der Waals surface area contributed by atoms with Crippen LogP contribution in [0.3, 0.4) is 0 Å². The van der Waals surface area contributed by atoms with E-state index in [9.17, 15) is 4.79 Å². The van der Waals surface area contributed by atoms with E-state index in [-0.39, 0.29) is 0 Å². The van der Waals surface area contributed by atoms with Crippen molar-refractivity contribution in [2.24, 2.45) is 0 Å². The standard InChI is InChI=1S/C15H21N3O/c19-15-6-3-9-18(15)12-13-4-1-2-5-14(13)17-10-7-16-8-11-17/h1-2,4-5,16H,3,6-12H2. The number of benzene rings is 1. The molecule has 4 nitrogen and oxygen atoms in total. The summed E-state index contributed by atoms with van der Waals surface area (Å²) in [4.78, 5) is 16.2. The number of hydrogen-bond acceptors (Lipinski definition) is 3. The molecule has 102 valence electrons. The zero-order valence-corrected chi connectivity index (χ0v) is 11.3. The highest BCUT2D eigenvalue weighted by atomic mass is 16.2. The van der Waals surface area contributed by atoms with Crippen molar-refractivity contribution in [2.75, 3.05) is 37.6 Å². The maximum Gasteiger partial charge on any atom is 0.222 e. The van der Waals surface area contributed by atoms with Gasteiger partial charge in [-0.15, -0.1) is 0 Å². The summed E-state index contributed by atoms with van der Waals surface area (Å²) in [5.41, 5.74) is 2.57. The Morgan fingerprint density at radius 2 is 1.89 bits per heavy atom. The van der Waals surface area contributed by atoms with Crippen molar-refractivity contribution < 1.29 is 4.79 Å². The molecule has 0 atom stereocenters. The Hall–Kier alpha value is -1.55. The molecule has 0 radical (unpaired) electrons. The van der Waals surface area contributed by atoms with Crippen LogP contribution in [-0.2, 0) is 11.3 Å². The number of carbonyl (C=O) groups is 1. The molecule has 0 aliphatic carbocycles. The van der Waals surface area contributed by atoms with Crippen molar-refractivity contribution in [3.05, 3.63) is 29.8 Å². The first-order chi connectivity index (χ1) is 9.34. The molecular weight excluding hydrogens is 238 g/mol. The zero-order chi connectivity index (χ0) is 13.1. The molecule has 0 spiro atoms. The van der Waals surface area contributed by atoms with Crippen LogP contribution < -0.4 is 10.2 Å². The molecule has 0 saturated carbocycles. The third kappa shape index (κ3) is 2.73. The van der Waals surface area contributed by atoms with Crippen LogP contribution in [0.1, 0.15) is 18.4 Å². The summed E-state index contributed by atoms with van der Waals surface area (Å²) >= 11 is 0. The maximum atomic E-state index is 11.8.